The number of hydrogen-bond donors (Lipinski definition) is 1. The van der Waals surface area contributed by atoms with E-state index in [1.165, 1.54) is 14.7 Å². The van der Waals surface area contributed by atoms with Crippen LogP contribution in [0.1, 0.15) is 46.3 Å². The molecule has 0 aliphatic carbocycles. The molecule has 1 atom stereocenters. The maximum Gasteiger partial charge on any atom is 0.416 e. The first-order valence-corrected chi connectivity index (χ1v) is 13.3. The molecule has 0 saturated carbocycles. The Morgan fingerprint density at radius 2 is 1.31 bits per heavy atom. The molecule has 1 aliphatic heterocycles. The second kappa shape index (κ2) is 15.0. The first-order chi connectivity index (χ1) is 19.5. The number of carbonyl (C=O) groups is 3. The SMILES string of the molecule is CN(C)C(=O)CNCC(=O)N(C)C.O=C(c1cc(C(F)(F)F)cc(C(F)(F)F)c1)N1CCCC[C@H]1Cc1ccccc1. The van der Waals surface area contributed by atoms with Gasteiger partial charge in [0.25, 0.3) is 5.91 Å². The summed E-state index contributed by atoms with van der Waals surface area (Å²) in [6.07, 6.45) is -7.33. The molecule has 1 aliphatic rings. The van der Waals surface area contributed by atoms with Gasteiger partial charge in [-0.25, -0.2) is 0 Å². The summed E-state index contributed by atoms with van der Waals surface area (Å²) in [4.78, 5) is 39.4. The maximum atomic E-state index is 13.1. The molecule has 0 spiro atoms. The molecule has 0 unspecified atom stereocenters. The van der Waals surface area contributed by atoms with E-state index in [0.29, 0.717) is 37.9 Å². The standard InChI is InChI=1S/C21H19F6NO.C8H17N3O2/c22-20(23,24)16-11-15(12-17(13-16)21(25,26)27)19(29)28-9-5-4-8-18(28)10-14-6-2-1-3-7-14;1-10(2)7(12)5-9-6-8(13)11(3)4/h1-3,6-7,11-13,18H,4-5,8-10H2;9H,5-6H2,1-4H3/t18-;/m0./s1. The van der Waals surface area contributed by atoms with Crippen molar-refractivity contribution < 1.29 is 40.7 Å². The summed E-state index contributed by atoms with van der Waals surface area (Å²) in [7, 11) is 6.71. The Kier molecular flexibility index (Phi) is 12.4. The fourth-order valence-corrected chi connectivity index (χ4v) is 4.20. The second-order valence-corrected chi connectivity index (χ2v) is 10.3. The molecular weight excluding hydrogens is 566 g/mol. The van der Waals surface area contributed by atoms with E-state index in [9.17, 15) is 40.7 Å². The molecule has 3 amide bonds. The number of alkyl halides is 6. The van der Waals surface area contributed by atoms with Crippen LogP contribution in [-0.2, 0) is 28.4 Å². The van der Waals surface area contributed by atoms with Crippen LogP contribution in [0.5, 0.6) is 0 Å². The lowest BCUT2D eigenvalue weighted by atomic mass is 9.94. The van der Waals surface area contributed by atoms with Gasteiger partial charge in [0, 0.05) is 46.3 Å². The number of rotatable bonds is 7. The summed E-state index contributed by atoms with van der Waals surface area (Å²) < 4.78 is 78.7. The van der Waals surface area contributed by atoms with Crippen LogP contribution in [0.3, 0.4) is 0 Å². The number of likely N-dealkylation sites (tertiary alicyclic amines) is 1. The van der Waals surface area contributed by atoms with Gasteiger partial charge in [0.05, 0.1) is 24.2 Å². The predicted octanol–water partition coefficient (Wildman–Crippen LogP) is 4.71. The Bertz CT molecular complexity index is 1150. The molecule has 1 saturated heterocycles. The van der Waals surface area contributed by atoms with E-state index in [4.69, 9.17) is 0 Å². The lowest BCUT2D eigenvalue weighted by Crippen LogP contribution is -2.45. The van der Waals surface area contributed by atoms with Gasteiger partial charge in [-0.05, 0) is 49.4 Å². The van der Waals surface area contributed by atoms with Crippen LogP contribution in [0.2, 0.25) is 0 Å². The fraction of sp³-hybridized carbons (Fsp3) is 0.483. The second-order valence-electron chi connectivity index (χ2n) is 10.3. The average molecular weight is 603 g/mol. The molecule has 1 heterocycles. The van der Waals surface area contributed by atoms with E-state index in [1.54, 1.807) is 28.2 Å². The normalized spacial score (nSPS) is 15.4. The molecule has 1 N–H and O–H groups in total. The lowest BCUT2D eigenvalue weighted by molar-refractivity contribution is -0.143. The van der Waals surface area contributed by atoms with Gasteiger partial charge >= 0.3 is 12.4 Å². The summed E-state index contributed by atoms with van der Waals surface area (Å²) in [5.74, 6) is -0.875. The third-order valence-electron chi connectivity index (χ3n) is 6.59. The van der Waals surface area contributed by atoms with E-state index in [1.807, 2.05) is 30.3 Å². The van der Waals surface area contributed by atoms with Gasteiger partial charge in [-0.3, -0.25) is 19.7 Å². The van der Waals surface area contributed by atoms with Crippen LogP contribution in [0.4, 0.5) is 26.3 Å². The van der Waals surface area contributed by atoms with Gasteiger partial charge < -0.3 is 14.7 Å². The smallest absolute Gasteiger partial charge is 0.348 e. The summed E-state index contributed by atoms with van der Waals surface area (Å²) >= 11 is 0. The molecule has 1 fully saturated rings. The van der Waals surface area contributed by atoms with Crippen LogP contribution >= 0.6 is 0 Å². The number of nitrogens with one attached hydrogen (secondary N) is 1. The summed E-state index contributed by atoms with van der Waals surface area (Å²) in [5.41, 5.74) is -2.59. The van der Waals surface area contributed by atoms with E-state index in [-0.39, 0.29) is 37.0 Å². The van der Waals surface area contributed by atoms with Crippen molar-refractivity contribution in [3.05, 3.63) is 70.8 Å². The number of piperidine rings is 1. The van der Waals surface area contributed by atoms with Crippen molar-refractivity contribution in [2.24, 2.45) is 0 Å². The maximum absolute atomic E-state index is 13.1. The minimum Gasteiger partial charge on any atom is -0.348 e. The minimum atomic E-state index is -4.98. The number of carbonyl (C=O) groups excluding carboxylic acids is 3. The molecule has 7 nitrogen and oxygen atoms in total. The number of halogens is 6. The van der Waals surface area contributed by atoms with Gasteiger partial charge in [0.2, 0.25) is 11.8 Å². The van der Waals surface area contributed by atoms with Gasteiger partial charge in [0.1, 0.15) is 0 Å². The molecule has 0 radical (unpaired) electrons. The highest BCUT2D eigenvalue weighted by atomic mass is 19.4. The molecule has 13 heteroatoms. The molecule has 2 aromatic carbocycles. The fourth-order valence-electron chi connectivity index (χ4n) is 4.20. The zero-order valence-corrected chi connectivity index (χ0v) is 24.0. The lowest BCUT2D eigenvalue weighted by Gasteiger charge is -2.36. The molecule has 0 bridgehead atoms. The van der Waals surface area contributed by atoms with E-state index in [0.717, 1.165) is 12.0 Å². The topological polar surface area (TPSA) is 73.0 Å². The van der Waals surface area contributed by atoms with Crippen molar-refractivity contribution in [2.45, 2.75) is 44.1 Å². The Morgan fingerprint density at radius 3 is 1.76 bits per heavy atom. The van der Waals surface area contributed by atoms with Crippen LogP contribution in [0, 0.1) is 0 Å². The highest BCUT2D eigenvalue weighted by molar-refractivity contribution is 5.95. The minimum absolute atomic E-state index is 0.0356. The van der Waals surface area contributed by atoms with E-state index in [2.05, 4.69) is 5.32 Å². The summed E-state index contributed by atoms with van der Waals surface area (Å²) in [5, 5.41) is 2.77. The molecule has 42 heavy (non-hydrogen) atoms. The molecule has 232 valence electrons. The first-order valence-electron chi connectivity index (χ1n) is 13.3. The van der Waals surface area contributed by atoms with Gasteiger partial charge in [-0.15, -0.1) is 0 Å². The number of amides is 3. The highest BCUT2D eigenvalue weighted by Crippen LogP contribution is 2.37. The number of benzene rings is 2. The van der Waals surface area contributed by atoms with Gasteiger partial charge in [-0.2, -0.15) is 26.3 Å². The van der Waals surface area contributed by atoms with Gasteiger partial charge in [0.15, 0.2) is 0 Å². The van der Waals surface area contributed by atoms with Crippen LogP contribution in [0.25, 0.3) is 0 Å². The highest BCUT2D eigenvalue weighted by Gasteiger charge is 2.38. The molecule has 3 rings (SSSR count). The van der Waals surface area contributed by atoms with Crippen LogP contribution < -0.4 is 5.32 Å². The van der Waals surface area contributed by atoms with Crippen molar-refractivity contribution in [1.82, 2.24) is 20.0 Å². The molecular formula is C29H36F6N4O3. The van der Waals surface area contributed by atoms with Crippen molar-refractivity contribution in [3.8, 4) is 0 Å². The average Bonchev–Trinajstić information content (AvgIpc) is 2.92. The van der Waals surface area contributed by atoms with Gasteiger partial charge in [-0.1, -0.05) is 30.3 Å². The van der Waals surface area contributed by atoms with Crippen molar-refractivity contribution in [2.75, 3.05) is 47.8 Å². The van der Waals surface area contributed by atoms with Crippen molar-refractivity contribution >= 4 is 17.7 Å². The van der Waals surface area contributed by atoms with Crippen molar-refractivity contribution in [1.29, 1.82) is 0 Å². The number of hydrogen-bond acceptors (Lipinski definition) is 4. The third kappa shape index (κ3) is 10.7. The quantitative estimate of drug-likeness (QED) is 0.466. The largest absolute Gasteiger partial charge is 0.416 e. The first kappa shape index (κ1) is 34.6. The van der Waals surface area contributed by atoms with E-state index >= 15 is 0 Å². The zero-order valence-electron chi connectivity index (χ0n) is 24.0. The van der Waals surface area contributed by atoms with E-state index < -0.39 is 35.0 Å². The molecule has 0 aromatic heterocycles. The van der Waals surface area contributed by atoms with Crippen molar-refractivity contribution in [3.63, 3.8) is 0 Å². The summed E-state index contributed by atoms with van der Waals surface area (Å²) in [6.45, 7) is 0.701. The van der Waals surface area contributed by atoms with Crippen LogP contribution in [0.15, 0.2) is 48.5 Å². The number of likely N-dealkylation sites (N-methyl/N-ethyl adjacent to an activating group) is 2. The number of nitrogens with zero attached hydrogens (tertiary/aromatic N) is 3. The molecule has 2 aromatic rings. The Morgan fingerprint density at radius 1 is 0.810 bits per heavy atom. The zero-order chi connectivity index (χ0) is 31.7. The van der Waals surface area contributed by atoms with Crippen LogP contribution in [-0.4, -0.2) is 86.3 Å². The summed E-state index contributed by atoms with van der Waals surface area (Å²) in [6, 6.07) is 10.1. The third-order valence-corrected chi connectivity index (χ3v) is 6.59. The monoisotopic (exact) mass is 602 g/mol. The Balaban J connectivity index is 0.000000401. The Hall–Kier alpha value is -3.61. The predicted molar refractivity (Wildman–Crippen MR) is 146 cm³/mol. The Labute approximate surface area is 241 Å².